The first-order valence-corrected chi connectivity index (χ1v) is 5.26. The van der Waals surface area contributed by atoms with Gasteiger partial charge in [-0.3, -0.25) is 9.48 Å². The van der Waals surface area contributed by atoms with E-state index in [4.69, 9.17) is 5.11 Å². The molecular formula is C10H10F4N2O2. The predicted molar refractivity (Wildman–Crippen MR) is 51.8 cm³/mol. The maximum Gasteiger partial charge on any atom is 0.325 e. The van der Waals surface area contributed by atoms with E-state index in [1.54, 1.807) is 0 Å². The van der Waals surface area contributed by atoms with Crippen LogP contribution < -0.4 is 0 Å². The number of carbonyl (C=O) groups is 1. The smallest absolute Gasteiger partial charge is 0.325 e. The van der Waals surface area contributed by atoms with Crippen LogP contribution in [0.3, 0.4) is 0 Å². The van der Waals surface area contributed by atoms with E-state index in [1.165, 1.54) is 0 Å². The molecule has 4 nitrogen and oxygen atoms in total. The molecule has 1 aliphatic carbocycles. The summed E-state index contributed by atoms with van der Waals surface area (Å²) in [5.41, 5.74) is -0.758. The number of nitrogens with zero attached hydrogens (tertiary/aromatic N) is 2. The van der Waals surface area contributed by atoms with Crippen molar-refractivity contribution in [1.29, 1.82) is 0 Å². The van der Waals surface area contributed by atoms with Crippen molar-refractivity contribution in [3.8, 4) is 0 Å². The average molecular weight is 266 g/mol. The molecule has 1 aromatic heterocycles. The van der Waals surface area contributed by atoms with Crippen LogP contribution >= 0.6 is 0 Å². The highest BCUT2D eigenvalue weighted by Crippen LogP contribution is 2.37. The Morgan fingerprint density at radius 1 is 1.50 bits per heavy atom. The second kappa shape index (κ2) is 4.25. The molecule has 0 atom stereocenters. The lowest BCUT2D eigenvalue weighted by molar-refractivity contribution is -0.137. The number of carboxylic acids is 1. The monoisotopic (exact) mass is 266 g/mol. The number of hydrogen-bond donors (Lipinski definition) is 1. The predicted octanol–water partition coefficient (Wildman–Crippen LogP) is 2.03. The SMILES string of the molecule is O=C(O)Cn1nc(C(F)F)c2c1CCC(F)(F)C2. The molecular weight excluding hydrogens is 256 g/mol. The standard InChI is InChI=1S/C10H10F4N2O2/c11-9(12)8-5-3-10(13,14)2-1-6(5)16(15-8)4-7(17)18/h9H,1-4H2,(H,17,18). The van der Waals surface area contributed by atoms with Crippen LogP contribution in [0, 0.1) is 0 Å². The third-order valence-corrected chi connectivity index (χ3v) is 2.85. The van der Waals surface area contributed by atoms with Gasteiger partial charge in [0.25, 0.3) is 12.3 Å². The summed E-state index contributed by atoms with van der Waals surface area (Å²) in [7, 11) is 0. The quantitative estimate of drug-likeness (QED) is 0.852. The van der Waals surface area contributed by atoms with Crippen molar-refractivity contribution in [3.63, 3.8) is 0 Å². The number of fused-ring (bicyclic) bond motifs is 1. The Hall–Kier alpha value is -1.60. The zero-order chi connectivity index (χ0) is 13.5. The number of aromatic nitrogens is 2. The Bertz CT molecular complexity index is 484. The third-order valence-electron chi connectivity index (χ3n) is 2.85. The first-order chi connectivity index (χ1) is 8.30. The third kappa shape index (κ3) is 2.32. The molecule has 18 heavy (non-hydrogen) atoms. The Morgan fingerprint density at radius 2 is 2.17 bits per heavy atom. The molecule has 1 N–H and O–H groups in total. The number of rotatable bonds is 3. The van der Waals surface area contributed by atoms with Gasteiger partial charge in [-0.05, 0) is 6.42 Å². The second-order valence-electron chi connectivity index (χ2n) is 4.20. The van der Waals surface area contributed by atoms with Gasteiger partial charge in [-0.25, -0.2) is 17.6 Å². The molecule has 0 saturated carbocycles. The summed E-state index contributed by atoms with van der Waals surface area (Å²) in [5.74, 6) is -4.29. The molecule has 8 heteroatoms. The zero-order valence-corrected chi connectivity index (χ0v) is 9.17. The summed E-state index contributed by atoms with van der Waals surface area (Å²) in [6.45, 7) is -0.597. The zero-order valence-electron chi connectivity index (χ0n) is 9.17. The highest BCUT2D eigenvalue weighted by atomic mass is 19.3. The molecule has 0 aliphatic heterocycles. The fraction of sp³-hybridized carbons (Fsp3) is 0.600. The number of aliphatic carboxylic acids is 1. The number of alkyl halides is 4. The Labute approximate surface area is 99.2 Å². The van der Waals surface area contributed by atoms with Crippen molar-refractivity contribution < 1.29 is 27.5 Å². The van der Waals surface area contributed by atoms with Gasteiger partial charge < -0.3 is 5.11 Å². The van der Waals surface area contributed by atoms with Crippen LogP contribution in [0.4, 0.5) is 17.6 Å². The van der Waals surface area contributed by atoms with Crippen LogP contribution in [0.2, 0.25) is 0 Å². The molecule has 2 rings (SSSR count). The summed E-state index contributed by atoms with van der Waals surface area (Å²) in [6.07, 6.45) is -4.41. The van der Waals surface area contributed by atoms with Crippen LogP contribution in [0.1, 0.15) is 29.8 Å². The molecule has 1 heterocycles. The van der Waals surface area contributed by atoms with Crippen molar-refractivity contribution in [2.45, 2.75) is 38.2 Å². The second-order valence-corrected chi connectivity index (χ2v) is 4.20. The molecule has 0 saturated heterocycles. The maximum absolute atomic E-state index is 13.2. The number of halogens is 4. The lowest BCUT2D eigenvalue weighted by Gasteiger charge is -2.22. The van der Waals surface area contributed by atoms with Gasteiger partial charge in [-0.15, -0.1) is 0 Å². The van der Waals surface area contributed by atoms with Gasteiger partial charge in [0.1, 0.15) is 12.2 Å². The number of carboxylic acid groups (broad SMARTS) is 1. The summed E-state index contributed by atoms with van der Waals surface area (Å²) >= 11 is 0. The molecule has 0 unspecified atom stereocenters. The van der Waals surface area contributed by atoms with Crippen molar-refractivity contribution >= 4 is 5.97 Å². The summed E-state index contributed by atoms with van der Waals surface area (Å²) in [5, 5.41) is 12.1. The first kappa shape index (κ1) is 12.8. The highest BCUT2D eigenvalue weighted by Gasteiger charge is 2.39. The normalized spacial score (nSPS) is 17.8. The Morgan fingerprint density at radius 3 is 2.72 bits per heavy atom. The van der Waals surface area contributed by atoms with Gasteiger partial charge in [0.05, 0.1) is 0 Å². The van der Waals surface area contributed by atoms with Gasteiger partial charge in [0.2, 0.25) is 0 Å². The van der Waals surface area contributed by atoms with Crippen LogP contribution in [0.15, 0.2) is 0 Å². The van der Waals surface area contributed by atoms with Gasteiger partial charge in [0.15, 0.2) is 0 Å². The fourth-order valence-corrected chi connectivity index (χ4v) is 2.11. The molecule has 100 valence electrons. The van der Waals surface area contributed by atoms with E-state index >= 15 is 0 Å². The largest absolute Gasteiger partial charge is 0.480 e. The topological polar surface area (TPSA) is 55.1 Å². The molecule has 1 aliphatic rings. The van der Waals surface area contributed by atoms with Crippen molar-refractivity contribution in [1.82, 2.24) is 9.78 Å². The van der Waals surface area contributed by atoms with Gasteiger partial charge in [0, 0.05) is 24.1 Å². The van der Waals surface area contributed by atoms with E-state index in [0.29, 0.717) is 0 Å². The molecule has 1 aromatic rings. The lowest BCUT2D eigenvalue weighted by atomic mass is 9.92. The number of hydrogen-bond acceptors (Lipinski definition) is 2. The van der Waals surface area contributed by atoms with E-state index in [2.05, 4.69) is 5.10 Å². The average Bonchev–Trinajstić information content (AvgIpc) is 2.53. The van der Waals surface area contributed by atoms with Crippen LogP contribution in [0.5, 0.6) is 0 Å². The van der Waals surface area contributed by atoms with Crippen molar-refractivity contribution in [2.75, 3.05) is 0 Å². The minimum atomic E-state index is -3.03. The van der Waals surface area contributed by atoms with Gasteiger partial charge in [-0.2, -0.15) is 5.10 Å². The molecule has 0 fully saturated rings. The van der Waals surface area contributed by atoms with Gasteiger partial charge >= 0.3 is 5.97 Å². The van der Waals surface area contributed by atoms with Crippen LogP contribution in [-0.4, -0.2) is 26.8 Å². The van der Waals surface area contributed by atoms with Crippen LogP contribution in [0.25, 0.3) is 0 Å². The Balaban J connectivity index is 2.45. The summed E-state index contributed by atoms with van der Waals surface area (Å²) in [4.78, 5) is 10.6. The van der Waals surface area contributed by atoms with E-state index in [9.17, 15) is 22.4 Å². The first-order valence-electron chi connectivity index (χ1n) is 5.26. The minimum Gasteiger partial charge on any atom is -0.480 e. The Kier molecular flexibility index (Phi) is 3.04. The van der Waals surface area contributed by atoms with E-state index in [-0.39, 0.29) is 17.7 Å². The maximum atomic E-state index is 13.2. The van der Waals surface area contributed by atoms with Crippen molar-refractivity contribution in [3.05, 3.63) is 17.0 Å². The highest BCUT2D eigenvalue weighted by molar-refractivity contribution is 5.66. The molecule has 0 amide bonds. The lowest BCUT2D eigenvalue weighted by Crippen LogP contribution is -2.27. The fourth-order valence-electron chi connectivity index (χ4n) is 2.11. The van der Waals surface area contributed by atoms with Crippen LogP contribution in [-0.2, 0) is 24.2 Å². The minimum absolute atomic E-state index is 0.144. The molecule has 0 bridgehead atoms. The summed E-state index contributed by atoms with van der Waals surface area (Å²) in [6, 6.07) is 0. The summed E-state index contributed by atoms with van der Waals surface area (Å²) < 4.78 is 52.7. The van der Waals surface area contributed by atoms with E-state index in [1.807, 2.05) is 0 Å². The van der Waals surface area contributed by atoms with E-state index < -0.39 is 43.4 Å². The molecule has 0 aromatic carbocycles. The molecule has 0 radical (unpaired) electrons. The van der Waals surface area contributed by atoms with Crippen molar-refractivity contribution in [2.24, 2.45) is 0 Å². The van der Waals surface area contributed by atoms with Gasteiger partial charge in [-0.1, -0.05) is 0 Å². The molecule has 0 spiro atoms. The van der Waals surface area contributed by atoms with E-state index in [0.717, 1.165) is 4.68 Å².